The molecule has 1 unspecified atom stereocenters. The van der Waals surface area contributed by atoms with Crippen molar-refractivity contribution in [2.24, 2.45) is 5.41 Å². The molecule has 0 aliphatic heterocycles. The molecule has 0 saturated heterocycles. The maximum Gasteiger partial charge on any atom is 0.220 e. The van der Waals surface area contributed by atoms with E-state index >= 15 is 0 Å². The Balaban J connectivity index is 2.14. The van der Waals surface area contributed by atoms with E-state index in [-0.39, 0.29) is 11.3 Å². The molecule has 0 aliphatic rings. The van der Waals surface area contributed by atoms with Gasteiger partial charge in [-0.15, -0.1) is 0 Å². The fraction of sp³-hybridized carbons (Fsp3) is 0.692. The van der Waals surface area contributed by atoms with Gasteiger partial charge in [0.25, 0.3) is 0 Å². The molecule has 102 valence electrons. The lowest BCUT2D eigenvalue weighted by atomic mass is 9.89. The summed E-state index contributed by atoms with van der Waals surface area (Å²) in [6.45, 7) is 6.94. The van der Waals surface area contributed by atoms with Crippen LogP contribution in [0.2, 0.25) is 0 Å². The topological polar surface area (TPSA) is 67.2 Å². The number of amides is 1. The Morgan fingerprint density at radius 1 is 1.50 bits per heavy atom. The van der Waals surface area contributed by atoms with Gasteiger partial charge in [-0.05, 0) is 11.8 Å². The molecule has 0 saturated carbocycles. The summed E-state index contributed by atoms with van der Waals surface area (Å²) < 4.78 is 1.94. The van der Waals surface area contributed by atoms with E-state index in [4.69, 9.17) is 0 Å². The van der Waals surface area contributed by atoms with E-state index in [1.807, 2.05) is 31.5 Å². The zero-order valence-corrected chi connectivity index (χ0v) is 11.4. The Labute approximate surface area is 108 Å². The third-order valence-electron chi connectivity index (χ3n) is 2.87. The Hall–Kier alpha value is -1.36. The number of carbonyl (C=O) groups excluding carboxylic acids is 1. The number of hydrogen-bond acceptors (Lipinski definition) is 3. The van der Waals surface area contributed by atoms with Crippen molar-refractivity contribution in [1.29, 1.82) is 0 Å². The molecule has 1 amide bonds. The third-order valence-corrected chi connectivity index (χ3v) is 2.87. The van der Waals surface area contributed by atoms with Gasteiger partial charge >= 0.3 is 0 Å². The number of hydrogen-bond donors (Lipinski definition) is 2. The number of nitrogens with one attached hydrogen (secondary N) is 1. The average Bonchev–Trinajstić information content (AvgIpc) is 2.77. The van der Waals surface area contributed by atoms with Crippen molar-refractivity contribution < 1.29 is 9.90 Å². The van der Waals surface area contributed by atoms with E-state index in [0.29, 0.717) is 13.0 Å². The molecule has 0 fully saturated rings. The van der Waals surface area contributed by atoms with Gasteiger partial charge in [-0.2, -0.15) is 0 Å². The lowest BCUT2D eigenvalue weighted by molar-refractivity contribution is -0.122. The Morgan fingerprint density at radius 3 is 2.78 bits per heavy atom. The van der Waals surface area contributed by atoms with Crippen molar-refractivity contribution in [3.8, 4) is 0 Å². The fourth-order valence-corrected chi connectivity index (χ4v) is 1.45. The zero-order valence-electron chi connectivity index (χ0n) is 11.4. The molecule has 18 heavy (non-hydrogen) atoms. The van der Waals surface area contributed by atoms with Gasteiger partial charge in [0.15, 0.2) is 0 Å². The van der Waals surface area contributed by atoms with Gasteiger partial charge in [0.1, 0.15) is 0 Å². The fourth-order valence-electron chi connectivity index (χ4n) is 1.45. The third kappa shape index (κ3) is 5.31. The van der Waals surface area contributed by atoms with Crippen LogP contribution in [0.1, 0.15) is 33.6 Å². The van der Waals surface area contributed by atoms with Gasteiger partial charge in [0.05, 0.1) is 12.4 Å². The number of aliphatic hydroxyl groups is 1. The lowest BCUT2D eigenvalue weighted by Gasteiger charge is -2.25. The van der Waals surface area contributed by atoms with Crippen LogP contribution in [-0.4, -0.2) is 33.2 Å². The summed E-state index contributed by atoms with van der Waals surface area (Å²) in [4.78, 5) is 15.5. The second-order valence-corrected chi connectivity index (χ2v) is 5.59. The highest BCUT2D eigenvalue weighted by Gasteiger charge is 2.22. The summed E-state index contributed by atoms with van der Waals surface area (Å²) in [5.41, 5.74) is -0.204. The number of aliphatic hydroxyl groups excluding tert-OH is 1. The number of rotatable bonds is 6. The van der Waals surface area contributed by atoms with Crippen LogP contribution in [0.5, 0.6) is 0 Å². The molecule has 5 nitrogen and oxygen atoms in total. The highest BCUT2D eigenvalue weighted by Crippen LogP contribution is 2.18. The van der Waals surface area contributed by atoms with Crippen LogP contribution in [-0.2, 0) is 11.3 Å². The standard InChI is InChI=1S/C13H23N3O2/c1-13(2,3)11(17)9-15-12(18)5-4-7-16-8-6-14-10-16/h6,8,10-11,17H,4-5,7,9H2,1-3H3,(H,15,18). The summed E-state index contributed by atoms with van der Waals surface area (Å²) in [5, 5.41) is 12.5. The number of imidazole rings is 1. The van der Waals surface area contributed by atoms with Crippen LogP contribution in [0, 0.1) is 5.41 Å². The maximum absolute atomic E-state index is 11.6. The molecule has 0 bridgehead atoms. The summed E-state index contributed by atoms with van der Waals surface area (Å²) in [5.74, 6) is -0.0154. The first-order valence-corrected chi connectivity index (χ1v) is 6.30. The van der Waals surface area contributed by atoms with Crippen LogP contribution in [0.15, 0.2) is 18.7 Å². The molecule has 5 heteroatoms. The highest BCUT2D eigenvalue weighted by molar-refractivity contribution is 5.75. The number of nitrogens with zero attached hydrogens (tertiary/aromatic N) is 2. The van der Waals surface area contributed by atoms with E-state index in [1.54, 1.807) is 12.5 Å². The quantitative estimate of drug-likeness (QED) is 0.800. The van der Waals surface area contributed by atoms with Crippen molar-refractivity contribution in [3.63, 3.8) is 0 Å². The van der Waals surface area contributed by atoms with Gasteiger partial charge in [0, 0.05) is 31.9 Å². The normalized spacial score (nSPS) is 13.3. The second kappa shape index (κ2) is 6.54. The Morgan fingerprint density at radius 2 is 2.22 bits per heavy atom. The highest BCUT2D eigenvalue weighted by atomic mass is 16.3. The van der Waals surface area contributed by atoms with Crippen molar-refractivity contribution in [2.75, 3.05) is 6.54 Å². The first kappa shape index (κ1) is 14.7. The van der Waals surface area contributed by atoms with Gasteiger partial charge in [-0.3, -0.25) is 4.79 Å². The lowest BCUT2D eigenvalue weighted by Crippen LogP contribution is -2.39. The van der Waals surface area contributed by atoms with Crippen molar-refractivity contribution in [2.45, 2.75) is 46.3 Å². The largest absolute Gasteiger partial charge is 0.391 e. The van der Waals surface area contributed by atoms with Crippen LogP contribution in [0.4, 0.5) is 0 Å². The first-order chi connectivity index (χ1) is 8.39. The molecule has 0 radical (unpaired) electrons. The van der Waals surface area contributed by atoms with Crippen LogP contribution in [0.3, 0.4) is 0 Å². The predicted octanol–water partition coefficient (Wildman–Crippen LogP) is 1.19. The SMILES string of the molecule is CC(C)(C)C(O)CNC(=O)CCCn1ccnc1. The molecule has 2 N–H and O–H groups in total. The molecule has 0 aromatic carbocycles. The van der Waals surface area contributed by atoms with Crippen molar-refractivity contribution in [3.05, 3.63) is 18.7 Å². The summed E-state index contributed by atoms with van der Waals surface area (Å²) in [6, 6.07) is 0. The van der Waals surface area contributed by atoms with Gasteiger partial charge < -0.3 is 15.0 Å². The van der Waals surface area contributed by atoms with Crippen LogP contribution < -0.4 is 5.32 Å². The summed E-state index contributed by atoms with van der Waals surface area (Å²) in [7, 11) is 0. The predicted molar refractivity (Wildman–Crippen MR) is 69.9 cm³/mol. The maximum atomic E-state index is 11.6. The molecular formula is C13H23N3O2. The molecular weight excluding hydrogens is 230 g/mol. The van der Waals surface area contributed by atoms with Crippen LogP contribution in [0.25, 0.3) is 0 Å². The molecule has 1 aromatic rings. The Kier molecular flexibility index (Phi) is 5.34. The number of carbonyl (C=O) groups is 1. The summed E-state index contributed by atoms with van der Waals surface area (Å²) >= 11 is 0. The van der Waals surface area contributed by atoms with E-state index < -0.39 is 6.10 Å². The van der Waals surface area contributed by atoms with E-state index in [2.05, 4.69) is 10.3 Å². The number of aryl methyl sites for hydroxylation is 1. The monoisotopic (exact) mass is 253 g/mol. The first-order valence-electron chi connectivity index (χ1n) is 6.30. The molecule has 1 atom stereocenters. The molecule has 0 aliphatic carbocycles. The van der Waals surface area contributed by atoms with Gasteiger partial charge in [-0.25, -0.2) is 4.98 Å². The van der Waals surface area contributed by atoms with Crippen LogP contribution >= 0.6 is 0 Å². The van der Waals surface area contributed by atoms with Crippen molar-refractivity contribution >= 4 is 5.91 Å². The molecule has 1 rings (SSSR count). The van der Waals surface area contributed by atoms with E-state index in [1.165, 1.54) is 0 Å². The van der Waals surface area contributed by atoms with Gasteiger partial charge in [0.2, 0.25) is 5.91 Å². The average molecular weight is 253 g/mol. The smallest absolute Gasteiger partial charge is 0.220 e. The van der Waals surface area contributed by atoms with Crippen molar-refractivity contribution in [1.82, 2.24) is 14.9 Å². The molecule has 1 aromatic heterocycles. The second-order valence-electron chi connectivity index (χ2n) is 5.59. The minimum absolute atomic E-state index is 0.0154. The van der Waals surface area contributed by atoms with E-state index in [0.717, 1.165) is 13.0 Å². The van der Waals surface area contributed by atoms with Gasteiger partial charge in [-0.1, -0.05) is 20.8 Å². The molecule has 1 heterocycles. The minimum Gasteiger partial charge on any atom is -0.391 e. The number of aromatic nitrogens is 2. The zero-order chi connectivity index (χ0) is 13.6. The minimum atomic E-state index is -0.518. The summed E-state index contributed by atoms with van der Waals surface area (Å²) in [6.07, 6.45) is 6.06. The van der Waals surface area contributed by atoms with E-state index in [9.17, 15) is 9.90 Å². The molecule has 0 spiro atoms. The Bertz CT molecular complexity index is 355.